The van der Waals surface area contributed by atoms with E-state index in [2.05, 4.69) is 0 Å². The Bertz CT molecular complexity index is 1030. The van der Waals surface area contributed by atoms with Crippen LogP contribution < -0.4 is 9.47 Å². The topological polar surface area (TPSA) is 152 Å². The monoisotopic (exact) mass is 450 g/mol. The number of ketones is 1. The van der Waals surface area contributed by atoms with Crippen molar-refractivity contribution in [3.05, 3.63) is 29.3 Å². The van der Waals surface area contributed by atoms with Crippen LogP contribution in [0.4, 0.5) is 0 Å². The van der Waals surface area contributed by atoms with Crippen molar-refractivity contribution in [2.45, 2.75) is 51.5 Å². The Hall–Kier alpha value is -2.92. The average molecular weight is 450 g/mol. The van der Waals surface area contributed by atoms with Gasteiger partial charge in [-0.05, 0) is 30.9 Å². The minimum absolute atomic E-state index is 0.0122. The predicted octanol–water partition coefficient (Wildman–Crippen LogP) is 0.815. The lowest BCUT2D eigenvalue weighted by atomic mass is 9.96. The number of methoxy groups -OCH3 is 1. The van der Waals surface area contributed by atoms with Gasteiger partial charge in [-0.1, -0.05) is 6.07 Å². The molecule has 0 radical (unpaired) electrons. The third-order valence-corrected chi connectivity index (χ3v) is 5.30. The highest BCUT2D eigenvalue weighted by atomic mass is 16.7. The third kappa shape index (κ3) is 4.49. The van der Waals surface area contributed by atoms with Gasteiger partial charge in [0.25, 0.3) is 0 Å². The van der Waals surface area contributed by atoms with Gasteiger partial charge in [0.1, 0.15) is 48.3 Å². The zero-order chi connectivity index (χ0) is 23.7. The number of aliphatic hydroxyl groups excluding tert-OH is 3. The molecule has 1 aliphatic rings. The quantitative estimate of drug-likeness (QED) is 0.367. The van der Waals surface area contributed by atoms with Crippen molar-refractivity contribution in [3.8, 4) is 17.2 Å². The molecular formula is C22H26O10. The highest BCUT2D eigenvalue weighted by molar-refractivity contribution is 6.07. The Morgan fingerprint density at radius 2 is 1.75 bits per heavy atom. The van der Waals surface area contributed by atoms with Crippen LogP contribution in [0.3, 0.4) is 0 Å². The van der Waals surface area contributed by atoms with Crippen molar-refractivity contribution in [2.24, 2.45) is 0 Å². The number of aliphatic hydroxyl groups is 3. The van der Waals surface area contributed by atoms with Gasteiger partial charge in [0.15, 0.2) is 5.78 Å². The smallest absolute Gasteiger partial charge is 0.302 e. The molecule has 2 aromatic carbocycles. The van der Waals surface area contributed by atoms with Gasteiger partial charge < -0.3 is 39.4 Å². The van der Waals surface area contributed by atoms with Crippen LogP contribution >= 0.6 is 0 Å². The minimum Gasteiger partial charge on any atom is -0.506 e. The summed E-state index contributed by atoms with van der Waals surface area (Å²) in [4.78, 5) is 23.2. The van der Waals surface area contributed by atoms with Gasteiger partial charge in [-0.2, -0.15) is 0 Å². The first kappa shape index (κ1) is 23.7. The van der Waals surface area contributed by atoms with E-state index >= 15 is 0 Å². The first-order valence-corrected chi connectivity index (χ1v) is 9.90. The molecule has 0 aliphatic carbocycles. The second-order valence-corrected chi connectivity index (χ2v) is 7.63. The van der Waals surface area contributed by atoms with E-state index in [1.807, 2.05) is 0 Å². The SMILES string of the molecule is COc1cc(O[C@@H]2O[C@H](COC(C)=O)[C@@H](O)[C@H](O)[C@H]2O)c2c(O)c(C(C)=O)c(C)cc2c1. The zero-order valence-corrected chi connectivity index (χ0v) is 18.1. The average Bonchev–Trinajstić information content (AvgIpc) is 2.72. The summed E-state index contributed by atoms with van der Waals surface area (Å²) < 4.78 is 21.5. The van der Waals surface area contributed by atoms with Crippen LogP contribution in [0.2, 0.25) is 0 Å². The summed E-state index contributed by atoms with van der Waals surface area (Å²) in [6, 6.07) is 4.75. The number of carbonyl (C=O) groups is 2. The molecule has 32 heavy (non-hydrogen) atoms. The minimum atomic E-state index is -1.67. The maximum atomic E-state index is 12.1. The molecule has 1 heterocycles. The number of phenols is 1. The predicted molar refractivity (Wildman–Crippen MR) is 111 cm³/mol. The Morgan fingerprint density at radius 1 is 1.06 bits per heavy atom. The van der Waals surface area contributed by atoms with E-state index in [0.29, 0.717) is 16.7 Å². The van der Waals surface area contributed by atoms with Crippen molar-refractivity contribution in [1.82, 2.24) is 0 Å². The summed E-state index contributed by atoms with van der Waals surface area (Å²) in [5.74, 6) is -0.901. The Kier molecular flexibility index (Phi) is 6.89. The van der Waals surface area contributed by atoms with Crippen LogP contribution in [0.1, 0.15) is 29.8 Å². The van der Waals surface area contributed by atoms with Crippen LogP contribution in [0.25, 0.3) is 10.8 Å². The number of benzene rings is 2. The lowest BCUT2D eigenvalue weighted by Crippen LogP contribution is -2.60. The fourth-order valence-corrected chi connectivity index (χ4v) is 3.73. The maximum absolute atomic E-state index is 12.1. The molecule has 3 rings (SSSR count). The van der Waals surface area contributed by atoms with Gasteiger partial charge in [0, 0.05) is 13.0 Å². The molecule has 0 spiro atoms. The second kappa shape index (κ2) is 9.29. The fourth-order valence-electron chi connectivity index (χ4n) is 3.73. The zero-order valence-electron chi connectivity index (χ0n) is 18.1. The number of fused-ring (bicyclic) bond motifs is 1. The van der Waals surface area contributed by atoms with Crippen molar-refractivity contribution < 1.29 is 49.0 Å². The summed E-state index contributed by atoms with van der Waals surface area (Å²) >= 11 is 0. The molecule has 2 aromatic rings. The van der Waals surface area contributed by atoms with Crippen molar-refractivity contribution in [1.29, 1.82) is 0 Å². The normalized spacial score (nSPS) is 25.4. The molecule has 0 aromatic heterocycles. The molecular weight excluding hydrogens is 424 g/mol. The molecule has 1 fully saturated rings. The van der Waals surface area contributed by atoms with Gasteiger partial charge in [0.05, 0.1) is 18.1 Å². The molecule has 4 N–H and O–H groups in total. The van der Waals surface area contributed by atoms with E-state index in [4.69, 9.17) is 18.9 Å². The van der Waals surface area contributed by atoms with E-state index in [0.717, 1.165) is 0 Å². The van der Waals surface area contributed by atoms with E-state index < -0.39 is 36.7 Å². The second-order valence-electron chi connectivity index (χ2n) is 7.63. The number of hydrogen-bond acceptors (Lipinski definition) is 10. The van der Waals surface area contributed by atoms with Gasteiger partial charge in [-0.3, -0.25) is 9.59 Å². The Labute approximate surface area is 183 Å². The van der Waals surface area contributed by atoms with Gasteiger partial charge in [-0.15, -0.1) is 0 Å². The van der Waals surface area contributed by atoms with E-state index in [1.165, 1.54) is 27.0 Å². The number of ether oxygens (including phenoxy) is 4. The highest BCUT2D eigenvalue weighted by Crippen LogP contribution is 2.41. The standard InChI is InChI=1S/C22H26O10/c1-9-5-12-6-13(29-4)7-14(17(12)19(26)16(9)10(2)23)31-22-21(28)20(27)18(25)15(32-22)8-30-11(3)24/h5-7,15,18,20-22,25-28H,8H2,1-4H3/t15-,18-,20+,21-,22-/m1/s1. The first-order chi connectivity index (χ1) is 15.0. The number of aromatic hydroxyl groups is 1. The molecule has 0 unspecified atom stereocenters. The van der Waals surface area contributed by atoms with Crippen LogP contribution in [0.15, 0.2) is 18.2 Å². The largest absolute Gasteiger partial charge is 0.506 e. The molecule has 5 atom stereocenters. The summed E-state index contributed by atoms with van der Waals surface area (Å²) in [6.07, 6.45) is -7.53. The van der Waals surface area contributed by atoms with Crippen LogP contribution in [0, 0.1) is 6.92 Å². The third-order valence-electron chi connectivity index (χ3n) is 5.30. The lowest BCUT2D eigenvalue weighted by molar-refractivity contribution is -0.278. The number of esters is 1. The molecule has 0 bridgehead atoms. The van der Waals surface area contributed by atoms with Crippen molar-refractivity contribution in [2.75, 3.05) is 13.7 Å². The molecule has 1 aliphatic heterocycles. The number of Topliss-reactive ketones (excluding diaryl/α,β-unsaturated/α-hetero) is 1. The number of hydrogen-bond donors (Lipinski definition) is 4. The number of rotatable bonds is 6. The van der Waals surface area contributed by atoms with E-state index in [9.17, 15) is 30.0 Å². The molecule has 1 saturated heterocycles. The van der Waals surface area contributed by atoms with Crippen LogP contribution in [-0.4, -0.2) is 76.6 Å². The molecule has 174 valence electrons. The Balaban J connectivity index is 2.05. The molecule has 10 heteroatoms. The van der Waals surface area contributed by atoms with Gasteiger partial charge >= 0.3 is 5.97 Å². The maximum Gasteiger partial charge on any atom is 0.302 e. The fraction of sp³-hybridized carbons (Fsp3) is 0.455. The van der Waals surface area contributed by atoms with Crippen molar-refractivity contribution in [3.63, 3.8) is 0 Å². The first-order valence-electron chi connectivity index (χ1n) is 9.90. The van der Waals surface area contributed by atoms with E-state index in [-0.39, 0.29) is 34.8 Å². The molecule has 0 saturated carbocycles. The molecule has 0 amide bonds. The van der Waals surface area contributed by atoms with Crippen LogP contribution in [-0.2, 0) is 14.3 Å². The summed E-state index contributed by atoms with van der Waals surface area (Å²) in [5, 5.41) is 42.3. The summed E-state index contributed by atoms with van der Waals surface area (Å²) in [6.45, 7) is 3.80. The van der Waals surface area contributed by atoms with Gasteiger partial charge in [-0.25, -0.2) is 0 Å². The lowest BCUT2D eigenvalue weighted by Gasteiger charge is -2.40. The molecule has 10 nitrogen and oxygen atoms in total. The Morgan fingerprint density at radius 3 is 2.34 bits per heavy atom. The summed E-state index contributed by atoms with van der Waals surface area (Å²) in [7, 11) is 1.43. The van der Waals surface area contributed by atoms with Gasteiger partial charge in [0.2, 0.25) is 6.29 Å². The number of phenolic OH excluding ortho intramolecular Hbond substituents is 1. The van der Waals surface area contributed by atoms with E-state index in [1.54, 1.807) is 19.1 Å². The number of carbonyl (C=O) groups excluding carboxylic acids is 2. The highest BCUT2D eigenvalue weighted by Gasteiger charge is 2.45. The van der Waals surface area contributed by atoms with Crippen molar-refractivity contribution >= 4 is 22.5 Å². The number of aryl methyl sites for hydroxylation is 1. The summed E-state index contributed by atoms with van der Waals surface area (Å²) in [5.41, 5.74) is 0.663. The van der Waals surface area contributed by atoms with Crippen LogP contribution in [0.5, 0.6) is 17.2 Å².